The Balaban J connectivity index is 1.74. The quantitative estimate of drug-likeness (QED) is 0.742. The van der Waals surface area contributed by atoms with Gasteiger partial charge < -0.3 is 10.8 Å². The van der Waals surface area contributed by atoms with Gasteiger partial charge in [-0.1, -0.05) is 0 Å². The zero-order chi connectivity index (χ0) is 18.3. The van der Waals surface area contributed by atoms with Crippen molar-refractivity contribution in [2.24, 2.45) is 11.7 Å². The maximum Gasteiger partial charge on any atom is 0.269 e. The van der Waals surface area contributed by atoms with Crippen LogP contribution in [0.4, 0.5) is 0 Å². The fourth-order valence-corrected chi connectivity index (χ4v) is 3.87. The van der Waals surface area contributed by atoms with Crippen LogP contribution in [0.3, 0.4) is 0 Å². The average Bonchev–Trinajstić information content (AvgIpc) is 3.30. The zero-order valence-electron chi connectivity index (χ0n) is 14.6. The molecule has 3 N–H and O–H groups in total. The van der Waals surface area contributed by atoms with Gasteiger partial charge in [-0.15, -0.1) is 0 Å². The first-order valence-corrected chi connectivity index (χ1v) is 8.89. The summed E-state index contributed by atoms with van der Waals surface area (Å²) in [6.07, 6.45) is 10.2. The highest BCUT2D eigenvalue weighted by molar-refractivity contribution is 6.03. The van der Waals surface area contributed by atoms with E-state index in [-0.39, 0.29) is 17.8 Å². The summed E-state index contributed by atoms with van der Waals surface area (Å²) in [6, 6.07) is 2.07. The van der Waals surface area contributed by atoms with Crippen molar-refractivity contribution in [1.29, 1.82) is 0 Å². The molecule has 0 bridgehead atoms. The van der Waals surface area contributed by atoms with Crippen molar-refractivity contribution >= 4 is 16.8 Å². The zero-order valence-corrected chi connectivity index (χ0v) is 14.6. The highest BCUT2D eigenvalue weighted by atomic mass is 16.3. The normalized spacial score (nSPS) is 21.8. The fourth-order valence-electron chi connectivity index (χ4n) is 3.87. The molecular formula is C18H22N6O2. The van der Waals surface area contributed by atoms with Crippen LogP contribution in [-0.4, -0.2) is 41.4 Å². The molecule has 8 heteroatoms. The Morgan fingerprint density at radius 1 is 1.35 bits per heavy atom. The number of aliphatic hydroxyl groups is 1. The van der Waals surface area contributed by atoms with Crippen molar-refractivity contribution in [3.8, 4) is 5.82 Å². The Morgan fingerprint density at radius 3 is 2.73 bits per heavy atom. The molecule has 0 aliphatic heterocycles. The molecule has 3 heterocycles. The number of primary amides is 1. The van der Waals surface area contributed by atoms with Crippen LogP contribution in [0.1, 0.15) is 49.1 Å². The lowest BCUT2D eigenvalue weighted by Gasteiger charge is -2.30. The van der Waals surface area contributed by atoms with Gasteiger partial charge in [0.2, 0.25) is 0 Å². The second-order valence-electron chi connectivity index (χ2n) is 7.00. The molecule has 8 nitrogen and oxygen atoms in total. The van der Waals surface area contributed by atoms with Crippen molar-refractivity contribution in [2.45, 2.75) is 44.8 Å². The molecule has 0 saturated heterocycles. The van der Waals surface area contributed by atoms with E-state index in [1.54, 1.807) is 29.5 Å². The highest BCUT2D eigenvalue weighted by Crippen LogP contribution is 2.35. The summed E-state index contributed by atoms with van der Waals surface area (Å²) in [5, 5.41) is 15.2. The second kappa shape index (κ2) is 6.53. The summed E-state index contributed by atoms with van der Waals surface area (Å²) < 4.78 is 3.62. The van der Waals surface area contributed by atoms with E-state index in [0.29, 0.717) is 17.3 Å². The first-order chi connectivity index (χ1) is 12.5. The van der Waals surface area contributed by atoms with Gasteiger partial charge in [-0.05, 0) is 44.6 Å². The van der Waals surface area contributed by atoms with Crippen molar-refractivity contribution < 1.29 is 9.90 Å². The number of nitrogens with two attached hydrogens (primary N) is 1. The van der Waals surface area contributed by atoms with Crippen LogP contribution in [0.15, 0.2) is 31.0 Å². The number of nitrogens with zero attached hydrogens (tertiary/aromatic N) is 5. The van der Waals surface area contributed by atoms with E-state index in [2.05, 4.69) is 15.1 Å². The van der Waals surface area contributed by atoms with E-state index < -0.39 is 5.91 Å². The molecule has 26 heavy (non-hydrogen) atoms. The summed E-state index contributed by atoms with van der Waals surface area (Å²) in [7, 11) is 0. The summed E-state index contributed by atoms with van der Waals surface area (Å²) >= 11 is 0. The van der Waals surface area contributed by atoms with Gasteiger partial charge in [0.15, 0.2) is 5.69 Å². The molecule has 3 aromatic heterocycles. The van der Waals surface area contributed by atoms with Crippen LogP contribution in [0.2, 0.25) is 0 Å². The van der Waals surface area contributed by atoms with E-state index in [1.807, 2.05) is 17.7 Å². The summed E-state index contributed by atoms with van der Waals surface area (Å²) in [4.78, 5) is 20.6. The third kappa shape index (κ3) is 2.86. The molecule has 3 aromatic rings. The highest BCUT2D eigenvalue weighted by Gasteiger charge is 2.28. The molecule has 1 atom stereocenters. The maximum absolute atomic E-state index is 12.1. The number of fused-ring (bicyclic) bond motifs is 1. The van der Waals surface area contributed by atoms with Gasteiger partial charge in [-0.25, -0.2) is 9.97 Å². The van der Waals surface area contributed by atoms with E-state index in [9.17, 15) is 9.90 Å². The predicted molar refractivity (Wildman–Crippen MR) is 95.8 cm³/mol. The Morgan fingerprint density at radius 2 is 2.12 bits per heavy atom. The van der Waals surface area contributed by atoms with Gasteiger partial charge in [0, 0.05) is 17.8 Å². The molecule has 136 valence electrons. The Labute approximate surface area is 150 Å². The Bertz CT molecular complexity index is 923. The van der Waals surface area contributed by atoms with Gasteiger partial charge in [-0.2, -0.15) is 5.10 Å². The minimum atomic E-state index is -0.573. The molecule has 1 amide bonds. The van der Waals surface area contributed by atoms with Gasteiger partial charge in [0.05, 0.1) is 18.3 Å². The number of rotatable bonds is 4. The molecular weight excluding hydrogens is 332 g/mol. The second-order valence-corrected chi connectivity index (χ2v) is 7.00. The van der Waals surface area contributed by atoms with E-state index in [4.69, 9.17) is 5.73 Å². The summed E-state index contributed by atoms with van der Waals surface area (Å²) in [5.41, 5.74) is 6.53. The van der Waals surface area contributed by atoms with Crippen molar-refractivity contribution in [3.05, 3.63) is 36.7 Å². The van der Waals surface area contributed by atoms with Gasteiger partial charge in [-0.3, -0.25) is 14.0 Å². The summed E-state index contributed by atoms with van der Waals surface area (Å²) in [6.45, 7) is 1.85. The van der Waals surface area contributed by atoms with Crippen molar-refractivity contribution in [2.75, 3.05) is 0 Å². The molecule has 1 saturated carbocycles. The van der Waals surface area contributed by atoms with Crippen LogP contribution in [-0.2, 0) is 0 Å². The molecule has 0 spiro atoms. The number of carbonyl (C=O) groups excluding carboxylic acids is 1. The predicted octanol–water partition coefficient (Wildman–Crippen LogP) is 1.83. The molecule has 0 radical (unpaired) electrons. The van der Waals surface area contributed by atoms with Crippen molar-refractivity contribution in [3.63, 3.8) is 0 Å². The number of hydrogen-bond acceptors (Lipinski definition) is 5. The smallest absolute Gasteiger partial charge is 0.269 e. The minimum absolute atomic E-state index is 0.182. The lowest BCUT2D eigenvalue weighted by atomic mass is 9.83. The van der Waals surface area contributed by atoms with Gasteiger partial charge >= 0.3 is 0 Å². The third-order valence-electron chi connectivity index (χ3n) is 5.33. The number of carbonyl (C=O) groups is 1. The standard InChI is InChI=1S/C18H22N6O2/c1-11(25)12-2-4-14(5-3-12)24-17-13(9-21-24)8-15(22-16(17)18(19)26)23-7-6-20-10-23/h6-12,14,25H,2-5H2,1H3,(H2,19,26)/t11-,12?,14?/m0/s1. The van der Waals surface area contributed by atoms with Crippen LogP contribution < -0.4 is 5.73 Å². The molecule has 4 rings (SSSR count). The molecule has 0 unspecified atom stereocenters. The first kappa shape index (κ1) is 16.7. The number of hydrogen-bond donors (Lipinski definition) is 2. The van der Waals surface area contributed by atoms with Crippen LogP contribution >= 0.6 is 0 Å². The van der Waals surface area contributed by atoms with Crippen LogP contribution in [0.5, 0.6) is 0 Å². The first-order valence-electron chi connectivity index (χ1n) is 8.89. The van der Waals surface area contributed by atoms with Crippen LogP contribution in [0.25, 0.3) is 16.7 Å². The Kier molecular flexibility index (Phi) is 4.20. The Hall–Kier alpha value is -2.74. The van der Waals surface area contributed by atoms with Crippen LogP contribution in [0, 0.1) is 5.92 Å². The molecule has 0 aromatic carbocycles. The molecule has 1 aliphatic rings. The lowest BCUT2D eigenvalue weighted by molar-refractivity contribution is 0.0888. The topological polar surface area (TPSA) is 112 Å². The number of pyridine rings is 1. The minimum Gasteiger partial charge on any atom is -0.393 e. The van der Waals surface area contributed by atoms with Gasteiger partial charge in [0.1, 0.15) is 17.7 Å². The van der Waals surface area contributed by atoms with E-state index >= 15 is 0 Å². The number of aromatic nitrogens is 5. The van der Waals surface area contributed by atoms with E-state index in [1.165, 1.54) is 0 Å². The lowest BCUT2D eigenvalue weighted by Crippen LogP contribution is -2.26. The number of aliphatic hydroxyl groups excluding tert-OH is 1. The average molecular weight is 354 g/mol. The molecule has 1 aliphatic carbocycles. The molecule has 1 fully saturated rings. The van der Waals surface area contributed by atoms with E-state index in [0.717, 1.165) is 31.1 Å². The monoisotopic (exact) mass is 354 g/mol. The fraction of sp³-hybridized carbons (Fsp3) is 0.444. The van der Waals surface area contributed by atoms with Gasteiger partial charge in [0.25, 0.3) is 5.91 Å². The number of imidazole rings is 1. The SMILES string of the molecule is C[C@H](O)C1CCC(n2ncc3cc(-n4ccnc4)nc(C(N)=O)c32)CC1. The largest absolute Gasteiger partial charge is 0.393 e. The third-order valence-corrected chi connectivity index (χ3v) is 5.33. The number of amides is 1. The maximum atomic E-state index is 12.1. The van der Waals surface area contributed by atoms with Crippen molar-refractivity contribution in [1.82, 2.24) is 24.3 Å². The summed E-state index contributed by atoms with van der Waals surface area (Å²) in [5.74, 6) is 0.340.